The van der Waals surface area contributed by atoms with Crippen molar-refractivity contribution in [1.82, 2.24) is 15.1 Å². The van der Waals surface area contributed by atoms with Crippen LogP contribution in [0.1, 0.15) is 53.3 Å². The Kier molecular flexibility index (Phi) is 4.45. The Bertz CT molecular complexity index is 774. The predicted molar refractivity (Wildman–Crippen MR) is 96.9 cm³/mol. The molecule has 2 aliphatic heterocycles. The molecule has 2 heterocycles. The highest BCUT2D eigenvalue weighted by molar-refractivity contribution is 6.22. The molecule has 7 nitrogen and oxygen atoms in total. The number of hydrogen-bond acceptors (Lipinski definition) is 4. The zero-order valence-corrected chi connectivity index (χ0v) is 15.3. The first kappa shape index (κ1) is 17.7. The molecule has 4 rings (SSSR count). The zero-order chi connectivity index (χ0) is 19.1. The molecule has 0 radical (unpaired) electrons. The number of carbonyl (C=O) groups is 4. The van der Waals surface area contributed by atoms with E-state index in [1.165, 1.54) is 0 Å². The van der Waals surface area contributed by atoms with E-state index in [2.05, 4.69) is 5.32 Å². The van der Waals surface area contributed by atoms with Gasteiger partial charge in [-0.15, -0.1) is 0 Å². The Hall–Kier alpha value is -2.70. The molecule has 1 N–H and O–H groups in total. The van der Waals surface area contributed by atoms with Crippen molar-refractivity contribution in [3.8, 4) is 0 Å². The first-order valence-corrected chi connectivity index (χ1v) is 9.53. The lowest BCUT2D eigenvalue weighted by atomic mass is 10.0. The number of benzene rings is 1. The summed E-state index contributed by atoms with van der Waals surface area (Å²) in [7, 11) is 0. The Labute approximate surface area is 157 Å². The molecular formula is C20H23N3O4. The number of carbonyl (C=O) groups excluding carboxylic acids is 4. The van der Waals surface area contributed by atoms with E-state index in [0.717, 1.165) is 17.7 Å². The maximum atomic E-state index is 12.9. The maximum absolute atomic E-state index is 12.9. The summed E-state index contributed by atoms with van der Waals surface area (Å²) in [5, 5.41) is 3.06. The summed E-state index contributed by atoms with van der Waals surface area (Å²) in [4.78, 5) is 52.6. The normalized spacial score (nSPS) is 21.2. The number of likely N-dealkylation sites (tertiary alicyclic amines) is 1. The van der Waals surface area contributed by atoms with E-state index in [4.69, 9.17) is 0 Å². The lowest BCUT2D eigenvalue weighted by Gasteiger charge is -2.35. The standard InChI is InChI=1S/C20H23N3O4/c1-12(23-19(26)15-4-2-3-5-16(15)20(23)27)18(25)22-10-8-14(9-11-22)21-17(24)13-6-7-13/h2-5,12-14H,6-11H2,1H3,(H,21,24). The fourth-order valence-corrected chi connectivity index (χ4v) is 3.84. The van der Waals surface area contributed by atoms with Crippen LogP contribution in [0.2, 0.25) is 0 Å². The van der Waals surface area contributed by atoms with Crippen LogP contribution in [0.5, 0.6) is 0 Å². The molecule has 1 aliphatic carbocycles. The Morgan fingerprint density at radius 3 is 2.07 bits per heavy atom. The molecule has 0 aromatic heterocycles. The minimum absolute atomic E-state index is 0.0942. The molecule has 1 aromatic carbocycles. The highest BCUT2D eigenvalue weighted by atomic mass is 16.2. The van der Waals surface area contributed by atoms with Crippen molar-refractivity contribution < 1.29 is 19.2 Å². The number of hydrogen-bond donors (Lipinski definition) is 1. The highest BCUT2D eigenvalue weighted by Gasteiger charge is 2.42. The van der Waals surface area contributed by atoms with Gasteiger partial charge < -0.3 is 10.2 Å². The van der Waals surface area contributed by atoms with Crippen molar-refractivity contribution in [1.29, 1.82) is 0 Å². The number of piperidine rings is 1. The zero-order valence-electron chi connectivity index (χ0n) is 15.3. The average molecular weight is 369 g/mol. The molecule has 7 heteroatoms. The van der Waals surface area contributed by atoms with E-state index in [1.807, 2.05) is 0 Å². The number of rotatable bonds is 4. The van der Waals surface area contributed by atoms with E-state index < -0.39 is 17.9 Å². The summed E-state index contributed by atoms with van der Waals surface area (Å²) in [6.45, 7) is 2.63. The van der Waals surface area contributed by atoms with Crippen molar-refractivity contribution in [2.24, 2.45) is 5.92 Å². The molecule has 1 saturated carbocycles. The summed E-state index contributed by atoms with van der Waals surface area (Å²) in [5.41, 5.74) is 0.701. The van der Waals surface area contributed by atoms with Gasteiger partial charge in [0, 0.05) is 25.0 Å². The van der Waals surface area contributed by atoms with Gasteiger partial charge in [0.2, 0.25) is 11.8 Å². The van der Waals surface area contributed by atoms with E-state index in [0.29, 0.717) is 37.1 Å². The number of nitrogens with one attached hydrogen (secondary N) is 1. The molecule has 1 aromatic rings. The van der Waals surface area contributed by atoms with Crippen LogP contribution in [0.15, 0.2) is 24.3 Å². The van der Waals surface area contributed by atoms with Gasteiger partial charge in [0.15, 0.2) is 0 Å². The first-order chi connectivity index (χ1) is 13.0. The minimum atomic E-state index is -0.838. The third-order valence-corrected chi connectivity index (χ3v) is 5.67. The highest BCUT2D eigenvalue weighted by Crippen LogP contribution is 2.29. The molecule has 4 amide bonds. The number of amides is 4. The fraction of sp³-hybridized carbons (Fsp3) is 0.500. The van der Waals surface area contributed by atoms with Crippen LogP contribution in [0.25, 0.3) is 0 Å². The first-order valence-electron chi connectivity index (χ1n) is 9.53. The van der Waals surface area contributed by atoms with Crippen molar-refractivity contribution in [3.63, 3.8) is 0 Å². The summed E-state index contributed by atoms with van der Waals surface area (Å²) in [6.07, 6.45) is 3.33. The maximum Gasteiger partial charge on any atom is 0.262 e. The van der Waals surface area contributed by atoms with Gasteiger partial charge in [-0.05, 0) is 44.7 Å². The van der Waals surface area contributed by atoms with E-state index >= 15 is 0 Å². The smallest absolute Gasteiger partial charge is 0.262 e. The molecular weight excluding hydrogens is 346 g/mol. The second-order valence-corrected chi connectivity index (χ2v) is 7.58. The predicted octanol–water partition coefficient (Wildman–Crippen LogP) is 1.19. The van der Waals surface area contributed by atoms with Gasteiger partial charge >= 0.3 is 0 Å². The summed E-state index contributed by atoms with van der Waals surface area (Å²) < 4.78 is 0. The third kappa shape index (κ3) is 3.22. The van der Waals surface area contributed by atoms with Gasteiger partial charge in [-0.25, -0.2) is 0 Å². The molecule has 142 valence electrons. The van der Waals surface area contributed by atoms with Crippen LogP contribution >= 0.6 is 0 Å². The molecule has 3 aliphatic rings. The van der Waals surface area contributed by atoms with E-state index in [-0.39, 0.29) is 23.8 Å². The van der Waals surface area contributed by atoms with E-state index in [9.17, 15) is 19.2 Å². The molecule has 1 saturated heterocycles. The number of nitrogens with zero attached hydrogens (tertiary/aromatic N) is 2. The minimum Gasteiger partial charge on any atom is -0.353 e. The van der Waals surface area contributed by atoms with Gasteiger partial charge in [0.1, 0.15) is 6.04 Å². The van der Waals surface area contributed by atoms with Crippen LogP contribution in [0.4, 0.5) is 0 Å². The lowest BCUT2D eigenvalue weighted by molar-refractivity contribution is -0.136. The summed E-state index contributed by atoms with van der Waals surface area (Å²) >= 11 is 0. The van der Waals surface area contributed by atoms with Crippen LogP contribution in [0, 0.1) is 5.92 Å². The third-order valence-electron chi connectivity index (χ3n) is 5.67. The molecule has 1 atom stereocenters. The Morgan fingerprint density at radius 2 is 1.56 bits per heavy atom. The molecule has 1 unspecified atom stereocenters. The SMILES string of the molecule is CC(C(=O)N1CCC(NC(=O)C2CC2)CC1)N1C(=O)c2ccccc2C1=O. The van der Waals surface area contributed by atoms with Gasteiger partial charge in [-0.3, -0.25) is 24.1 Å². The van der Waals surface area contributed by atoms with E-state index in [1.54, 1.807) is 36.1 Å². The Balaban J connectivity index is 1.37. The largest absolute Gasteiger partial charge is 0.353 e. The van der Waals surface area contributed by atoms with Crippen molar-refractivity contribution >= 4 is 23.6 Å². The fourth-order valence-electron chi connectivity index (χ4n) is 3.84. The van der Waals surface area contributed by atoms with Crippen molar-refractivity contribution in [2.45, 2.75) is 44.7 Å². The topological polar surface area (TPSA) is 86.8 Å². The quantitative estimate of drug-likeness (QED) is 0.808. The lowest BCUT2D eigenvalue weighted by Crippen LogP contribution is -2.53. The molecule has 0 spiro atoms. The second-order valence-electron chi connectivity index (χ2n) is 7.58. The average Bonchev–Trinajstić information content (AvgIpc) is 3.50. The Morgan fingerprint density at radius 1 is 1.00 bits per heavy atom. The van der Waals surface area contributed by atoms with Crippen LogP contribution in [0.3, 0.4) is 0 Å². The monoisotopic (exact) mass is 369 g/mol. The van der Waals surface area contributed by atoms with Gasteiger partial charge in [0.25, 0.3) is 11.8 Å². The summed E-state index contributed by atoms with van der Waals surface area (Å²) in [5.74, 6) is -0.750. The number of imide groups is 1. The van der Waals surface area contributed by atoms with Crippen LogP contribution in [-0.4, -0.2) is 58.6 Å². The summed E-state index contributed by atoms with van der Waals surface area (Å²) in [6, 6.07) is 5.90. The van der Waals surface area contributed by atoms with Gasteiger partial charge in [0.05, 0.1) is 11.1 Å². The van der Waals surface area contributed by atoms with Crippen molar-refractivity contribution in [3.05, 3.63) is 35.4 Å². The molecule has 2 fully saturated rings. The second kappa shape index (κ2) is 6.79. The van der Waals surface area contributed by atoms with Crippen molar-refractivity contribution in [2.75, 3.05) is 13.1 Å². The van der Waals surface area contributed by atoms with Crippen LogP contribution < -0.4 is 5.32 Å². The molecule has 0 bridgehead atoms. The van der Waals surface area contributed by atoms with Crippen LogP contribution in [-0.2, 0) is 9.59 Å². The van der Waals surface area contributed by atoms with Gasteiger partial charge in [-0.1, -0.05) is 12.1 Å². The number of fused-ring (bicyclic) bond motifs is 1. The van der Waals surface area contributed by atoms with Gasteiger partial charge in [-0.2, -0.15) is 0 Å². The molecule has 27 heavy (non-hydrogen) atoms.